The number of hydrogen-bond acceptors (Lipinski definition) is 5. The van der Waals surface area contributed by atoms with Crippen molar-refractivity contribution in [2.75, 3.05) is 4.90 Å². The molecule has 3 aromatic rings. The average molecular weight is 419 g/mol. The van der Waals surface area contributed by atoms with Crippen molar-refractivity contribution in [2.45, 2.75) is 25.8 Å². The molecule has 1 aliphatic rings. The third-order valence-corrected chi connectivity index (χ3v) is 5.69. The number of phenolic OH excluding ortho intramolecular Hbond substituents is 3. The zero-order chi connectivity index (χ0) is 22.3. The first-order chi connectivity index (χ1) is 14.8. The van der Waals surface area contributed by atoms with Gasteiger partial charge in [-0.3, -0.25) is 4.79 Å². The summed E-state index contributed by atoms with van der Waals surface area (Å²) in [6.07, 6.45) is 0.134. The number of carboxylic acids is 1. The van der Waals surface area contributed by atoms with Gasteiger partial charge in [-0.2, -0.15) is 0 Å². The van der Waals surface area contributed by atoms with Gasteiger partial charge in [0.1, 0.15) is 0 Å². The van der Waals surface area contributed by atoms with Crippen LogP contribution in [0, 0.1) is 0 Å². The van der Waals surface area contributed by atoms with E-state index in [1.807, 2.05) is 55.5 Å². The second-order valence-electron chi connectivity index (χ2n) is 7.67. The number of carboxylic acid groups (broad SMARTS) is 1. The van der Waals surface area contributed by atoms with Crippen molar-refractivity contribution in [3.05, 3.63) is 82.4 Å². The van der Waals surface area contributed by atoms with Gasteiger partial charge >= 0.3 is 5.97 Å². The summed E-state index contributed by atoms with van der Waals surface area (Å²) in [5.74, 6) is -3.63. The molecule has 3 aromatic carbocycles. The summed E-state index contributed by atoms with van der Waals surface area (Å²) in [6, 6.07) is 15.8. The van der Waals surface area contributed by atoms with Crippen LogP contribution in [-0.4, -0.2) is 32.3 Å². The lowest BCUT2D eigenvalue weighted by Gasteiger charge is -2.19. The third kappa shape index (κ3) is 3.54. The van der Waals surface area contributed by atoms with Gasteiger partial charge in [0.25, 0.3) is 5.91 Å². The van der Waals surface area contributed by atoms with Crippen LogP contribution in [0.5, 0.6) is 17.2 Å². The molecule has 0 saturated heterocycles. The Morgan fingerprint density at radius 1 is 1.03 bits per heavy atom. The smallest absolute Gasteiger partial charge is 0.336 e. The maximum absolute atomic E-state index is 12.7. The minimum absolute atomic E-state index is 0.0459. The van der Waals surface area contributed by atoms with E-state index in [4.69, 9.17) is 0 Å². The number of anilines is 1. The number of aromatic carboxylic acids is 1. The van der Waals surface area contributed by atoms with Crippen LogP contribution >= 0.6 is 0 Å². The number of hydrogen-bond donors (Lipinski definition) is 4. The summed E-state index contributed by atoms with van der Waals surface area (Å²) in [5, 5.41) is 39.0. The second-order valence-corrected chi connectivity index (χ2v) is 7.67. The van der Waals surface area contributed by atoms with Crippen molar-refractivity contribution < 1.29 is 30.0 Å². The normalized spacial score (nSPS) is 13.8. The van der Waals surface area contributed by atoms with Crippen LogP contribution in [0.15, 0.2) is 54.6 Å². The Balaban J connectivity index is 1.57. The first-order valence-electron chi connectivity index (χ1n) is 9.77. The number of phenols is 3. The summed E-state index contributed by atoms with van der Waals surface area (Å²) in [4.78, 5) is 25.9. The van der Waals surface area contributed by atoms with Gasteiger partial charge in [-0.25, -0.2) is 4.79 Å². The minimum atomic E-state index is -1.31. The second kappa shape index (κ2) is 7.68. The fourth-order valence-corrected chi connectivity index (χ4v) is 3.95. The predicted molar refractivity (Wildman–Crippen MR) is 114 cm³/mol. The van der Waals surface area contributed by atoms with E-state index >= 15 is 0 Å². The Labute approximate surface area is 178 Å². The molecular weight excluding hydrogens is 398 g/mol. The van der Waals surface area contributed by atoms with Crippen LogP contribution in [0.25, 0.3) is 0 Å². The molecule has 0 radical (unpaired) electrons. The van der Waals surface area contributed by atoms with Gasteiger partial charge in [0, 0.05) is 16.8 Å². The number of fused-ring (bicyclic) bond motifs is 1. The highest BCUT2D eigenvalue weighted by Gasteiger charge is 2.28. The van der Waals surface area contributed by atoms with E-state index in [-0.39, 0.29) is 29.4 Å². The molecule has 4 rings (SSSR count). The van der Waals surface area contributed by atoms with Gasteiger partial charge in [-0.05, 0) is 47.7 Å². The molecule has 7 heteroatoms. The van der Waals surface area contributed by atoms with Crippen LogP contribution in [0.4, 0.5) is 5.69 Å². The number of carbonyl (C=O) groups is 2. The molecule has 7 nitrogen and oxygen atoms in total. The Bertz CT molecular complexity index is 1190. The van der Waals surface area contributed by atoms with Crippen molar-refractivity contribution >= 4 is 17.6 Å². The molecule has 158 valence electrons. The van der Waals surface area contributed by atoms with Crippen LogP contribution in [0.1, 0.15) is 50.2 Å². The first-order valence-corrected chi connectivity index (χ1v) is 9.77. The van der Waals surface area contributed by atoms with E-state index in [0.717, 1.165) is 22.9 Å². The van der Waals surface area contributed by atoms with Crippen molar-refractivity contribution in [3.63, 3.8) is 0 Å². The monoisotopic (exact) mass is 419 g/mol. The fourth-order valence-electron chi connectivity index (χ4n) is 3.95. The van der Waals surface area contributed by atoms with E-state index in [2.05, 4.69) is 0 Å². The highest BCUT2D eigenvalue weighted by molar-refractivity contribution is 6.09. The Kier molecular flexibility index (Phi) is 5.02. The molecule has 1 heterocycles. The summed E-state index contributed by atoms with van der Waals surface area (Å²) in [5.41, 5.74) is 3.09. The molecule has 0 saturated carbocycles. The highest BCUT2D eigenvalue weighted by Crippen LogP contribution is 2.41. The topological polar surface area (TPSA) is 118 Å². The Morgan fingerprint density at radius 3 is 2.35 bits per heavy atom. The lowest BCUT2D eigenvalue weighted by Crippen LogP contribution is -2.22. The fraction of sp³-hybridized carbons (Fsp3) is 0.167. The Morgan fingerprint density at radius 2 is 1.71 bits per heavy atom. The zero-order valence-corrected chi connectivity index (χ0v) is 16.7. The third-order valence-electron chi connectivity index (χ3n) is 5.69. The van der Waals surface area contributed by atoms with Crippen LogP contribution in [0.3, 0.4) is 0 Å². The molecule has 0 aliphatic carbocycles. The first kappa shape index (κ1) is 20.3. The van der Waals surface area contributed by atoms with E-state index in [9.17, 15) is 30.0 Å². The van der Waals surface area contributed by atoms with Crippen LogP contribution in [0.2, 0.25) is 0 Å². The van der Waals surface area contributed by atoms with Gasteiger partial charge in [0.15, 0.2) is 11.5 Å². The number of benzene rings is 3. The molecule has 31 heavy (non-hydrogen) atoms. The SMILES string of the molecule is CC(Cc1c(C(=O)O)cc(O)c(O)c1O)c1ccc(N2Cc3ccccc3C2=O)cc1. The summed E-state index contributed by atoms with van der Waals surface area (Å²) in [7, 11) is 0. The standard InChI is InChI=1S/C24H21NO6/c1-13(10-18-19(24(30)31)11-20(26)22(28)21(18)27)14-6-8-16(9-7-14)25-12-15-4-2-3-5-17(15)23(25)29/h2-9,11,13,26-28H,10,12H2,1H3,(H,30,31). The molecule has 0 bridgehead atoms. The lowest BCUT2D eigenvalue weighted by molar-refractivity contribution is 0.0694. The van der Waals surface area contributed by atoms with Crippen LogP contribution in [-0.2, 0) is 13.0 Å². The number of amides is 1. The molecule has 4 N–H and O–H groups in total. The van der Waals surface area contributed by atoms with E-state index < -0.39 is 23.2 Å². The van der Waals surface area contributed by atoms with Crippen molar-refractivity contribution in [1.82, 2.24) is 0 Å². The molecule has 1 amide bonds. The molecule has 1 atom stereocenters. The number of carbonyl (C=O) groups excluding carboxylic acids is 1. The van der Waals surface area contributed by atoms with Gasteiger partial charge in [0.05, 0.1) is 12.1 Å². The molecule has 0 aromatic heterocycles. The quantitative estimate of drug-likeness (QED) is 0.464. The highest BCUT2D eigenvalue weighted by atomic mass is 16.4. The molecule has 1 aliphatic heterocycles. The molecule has 0 spiro atoms. The van der Waals surface area contributed by atoms with Gasteiger partial charge < -0.3 is 25.3 Å². The summed E-state index contributed by atoms with van der Waals surface area (Å²) < 4.78 is 0. The molecule has 0 fully saturated rings. The number of rotatable bonds is 5. The number of nitrogens with zero attached hydrogens (tertiary/aromatic N) is 1. The van der Waals surface area contributed by atoms with Crippen molar-refractivity contribution in [1.29, 1.82) is 0 Å². The van der Waals surface area contributed by atoms with Gasteiger partial charge in [-0.1, -0.05) is 37.3 Å². The minimum Gasteiger partial charge on any atom is -0.504 e. The number of aromatic hydroxyl groups is 3. The Hall–Kier alpha value is -4.00. The summed E-state index contributed by atoms with van der Waals surface area (Å²) in [6.45, 7) is 2.37. The van der Waals surface area contributed by atoms with Gasteiger partial charge in [0.2, 0.25) is 5.75 Å². The maximum atomic E-state index is 12.7. The van der Waals surface area contributed by atoms with Crippen molar-refractivity contribution in [2.24, 2.45) is 0 Å². The average Bonchev–Trinajstić information content (AvgIpc) is 3.10. The van der Waals surface area contributed by atoms with Gasteiger partial charge in [-0.15, -0.1) is 0 Å². The largest absolute Gasteiger partial charge is 0.504 e. The maximum Gasteiger partial charge on any atom is 0.336 e. The lowest BCUT2D eigenvalue weighted by atomic mass is 9.90. The zero-order valence-electron chi connectivity index (χ0n) is 16.7. The van der Waals surface area contributed by atoms with E-state index in [1.54, 1.807) is 4.90 Å². The van der Waals surface area contributed by atoms with E-state index in [0.29, 0.717) is 12.1 Å². The molecule has 1 unspecified atom stereocenters. The van der Waals surface area contributed by atoms with Crippen molar-refractivity contribution in [3.8, 4) is 17.2 Å². The predicted octanol–water partition coefficient (Wildman–Crippen LogP) is 4.01. The summed E-state index contributed by atoms with van der Waals surface area (Å²) >= 11 is 0. The van der Waals surface area contributed by atoms with E-state index in [1.165, 1.54) is 0 Å². The molecular formula is C24H21NO6. The van der Waals surface area contributed by atoms with Crippen LogP contribution < -0.4 is 4.90 Å².